The van der Waals surface area contributed by atoms with E-state index in [1.54, 1.807) is 0 Å². The number of rotatable bonds is 4. The molecule has 98 valence electrons. The molecule has 3 heteroatoms. The number of aryl methyl sites for hydroxylation is 1. The van der Waals surface area contributed by atoms with Crippen molar-refractivity contribution in [1.29, 1.82) is 0 Å². The first-order chi connectivity index (χ1) is 8.50. The van der Waals surface area contributed by atoms with Crippen LogP contribution in [0.5, 0.6) is 0 Å². The molecule has 2 aromatic rings. The zero-order valence-corrected chi connectivity index (χ0v) is 12.3. The first-order valence-corrected chi connectivity index (χ1v) is 7.42. The Morgan fingerprint density at radius 2 is 2.00 bits per heavy atom. The molecule has 0 saturated heterocycles. The van der Waals surface area contributed by atoms with E-state index in [0.29, 0.717) is 0 Å². The SMILES string of the molecule is CC(C)(C)c1nc2cc(CCCCN)ccc2s1. The number of unbranched alkanes of at least 4 members (excludes halogenated alkanes) is 1. The second-order valence-corrected chi connectivity index (χ2v) is 6.85. The van der Waals surface area contributed by atoms with E-state index >= 15 is 0 Å². The summed E-state index contributed by atoms with van der Waals surface area (Å²) in [6.45, 7) is 7.43. The molecular formula is C15H22N2S. The molecule has 0 aliphatic carbocycles. The third-order valence-corrected chi connectivity index (χ3v) is 4.48. The van der Waals surface area contributed by atoms with Crippen molar-refractivity contribution in [3.63, 3.8) is 0 Å². The molecule has 0 aliphatic heterocycles. The smallest absolute Gasteiger partial charge is 0.0992 e. The minimum absolute atomic E-state index is 0.142. The summed E-state index contributed by atoms with van der Waals surface area (Å²) in [5.74, 6) is 0. The van der Waals surface area contributed by atoms with Gasteiger partial charge in [0, 0.05) is 5.41 Å². The molecule has 0 amide bonds. The summed E-state index contributed by atoms with van der Waals surface area (Å²) in [5, 5.41) is 1.22. The lowest BCUT2D eigenvalue weighted by Gasteiger charge is -2.13. The van der Waals surface area contributed by atoms with Gasteiger partial charge in [0.15, 0.2) is 0 Å². The number of aromatic nitrogens is 1. The van der Waals surface area contributed by atoms with Crippen LogP contribution in [0.3, 0.4) is 0 Å². The van der Waals surface area contributed by atoms with E-state index in [9.17, 15) is 0 Å². The maximum atomic E-state index is 5.52. The Labute approximate surface area is 113 Å². The fourth-order valence-electron chi connectivity index (χ4n) is 1.92. The van der Waals surface area contributed by atoms with Crippen molar-refractivity contribution in [3.8, 4) is 0 Å². The lowest BCUT2D eigenvalue weighted by molar-refractivity contribution is 0.587. The Bertz CT molecular complexity index is 523. The van der Waals surface area contributed by atoms with Gasteiger partial charge in [-0.1, -0.05) is 26.8 Å². The molecule has 1 heterocycles. The number of hydrogen-bond acceptors (Lipinski definition) is 3. The highest BCUT2D eigenvalue weighted by molar-refractivity contribution is 7.18. The number of nitrogens with two attached hydrogens (primary N) is 1. The molecule has 0 saturated carbocycles. The zero-order valence-electron chi connectivity index (χ0n) is 11.5. The lowest BCUT2D eigenvalue weighted by atomic mass is 9.98. The van der Waals surface area contributed by atoms with Crippen LogP contribution in [0.15, 0.2) is 18.2 Å². The normalized spacial score (nSPS) is 12.2. The molecule has 0 unspecified atom stereocenters. The van der Waals surface area contributed by atoms with Crippen molar-refractivity contribution in [1.82, 2.24) is 4.98 Å². The van der Waals surface area contributed by atoms with Crippen LogP contribution >= 0.6 is 11.3 Å². The number of nitrogens with zero attached hydrogens (tertiary/aromatic N) is 1. The zero-order chi connectivity index (χ0) is 13.2. The van der Waals surface area contributed by atoms with E-state index in [0.717, 1.165) is 31.3 Å². The summed E-state index contributed by atoms with van der Waals surface area (Å²) >= 11 is 1.81. The van der Waals surface area contributed by atoms with E-state index < -0.39 is 0 Å². The second-order valence-electron chi connectivity index (χ2n) is 5.82. The Morgan fingerprint density at radius 3 is 2.67 bits per heavy atom. The standard InChI is InChI=1S/C15H22N2S/c1-15(2,3)14-17-12-10-11(6-4-5-9-16)7-8-13(12)18-14/h7-8,10H,4-6,9,16H2,1-3H3. The van der Waals surface area contributed by atoms with Crippen LogP contribution in [-0.2, 0) is 11.8 Å². The molecule has 0 bridgehead atoms. The van der Waals surface area contributed by atoms with E-state index in [1.807, 2.05) is 11.3 Å². The third kappa shape index (κ3) is 3.09. The van der Waals surface area contributed by atoms with Crippen LogP contribution in [0.4, 0.5) is 0 Å². The van der Waals surface area contributed by atoms with Crippen molar-refractivity contribution in [2.24, 2.45) is 5.73 Å². The summed E-state index contributed by atoms with van der Waals surface area (Å²) < 4.78 is 1.29. The van der Waals surface area contributed by atoms with Gasteiger partial charge < -0.3 is 5.73 Å². The molecule has 2 N–H and O–H groups in total. The number of thiazole rings is 1. The molecule has 2 nitrogen and oxygen atoms in total. The second kappa shape index (κ2) is 5.37. The van der Waals surface area contributed by atoms with E-state index in [2.05, 4.69) is 39.0 Å². The van der Waals surface area contributed by atoms with Gasteiger partial charge in [0.2, 0.25) is 0 Å². The highest BCUT2D eigenvalue weighted by atomic mass is 32.1. The Hall–Kier alpha value is -0.930. The minimum Gasteiger partial charge on any atom is -0.330 e. The summed E-state index contributed by atoms with van der Waals surface area (Å²) in [5.41, 5.74) is 8.19. The first-order valence-electron chi connectivity index (χ1n) is 6.61. The van der Waals surface area contributed by atoms with Gasteiger partial charge in [-0.2, -0.15) is 0 Å². The van der Waals surface area contributed by atoms with Gasteiger partial charge in [-0.25, -0.2) is 4.98 Å². The van der Waals surface area contributed by atoms with Crippen LogP contribution in [0, 0.1) is 0 Å². The fraction of sp³-hybridized carbons (Fsp3) is 0.533. The molecule has 0 radical (unpaired) electrons. The van der Waals surface area contributed by atoms with Gasteiger partial charge in [0.25, 0.3) is 0 Å². The Kier molecular flexibility index (Phi) is 4.03. The average Bonchev–Trinajstić information content (AvgIpc) is 2.72. The highest BCUT2D eigenvalue weighted by Gasteiger charge is 2.18. The summed E-state index contributed by atoms with van der Waals surface area (Å²) in [6, 6.07) is 6.67. The predicted molar refractivity (Wildman–Crippen MR) is 80.3 cm³/mol. The fourth-order valence-corrected chi connectivity index (χ4v) is 2.93. The summed E-state index contributed by atoms with van der Waals surface area (Å²) in [4.78, 5) is 4.77. The van der Waals surface area contributed by atoms with Crippen LogP contribution < -0.4 is 5.73 Å². The molecule has 0 fully saturated rings. The van der Waals surface area contributed by atoms with Gasteiger partial charge in [-0.3, -0.25) is 0 Å². The van der Waals surface area contributed by atoms with Crippen molar-refractivity contribution in [2.45, 2.75) is 45.4 Å². The highest BCUT2D eigenvalue weighted by Crippen LogP contribution is 2.31. The number of benzene rings is 1. The van der Waals surface area contributed by atoms with E-state index in [-0.39, 0.29) is 5.41 Å². The molecule has 0 spiro atoms. The monoisotopic (exact) mass is 262 g/mol. The summed E-state index contributed by atoms with van der Waals surface area (Å²) in [7, 11) is 0. The van der Waals surface area contributed by atoms with Gasteiger partial charge in [0.05, 0.1) is 15.2 Å². The molecule has 2 rings (SSSR count). The van der Waals surface area contributed by atoms with Crippen molar-refractivity contribution < 1.29 is 0 Å². The van der Waals surface area contributed by atoms with Crippen LogP contribution in [0.25, 0.3) is 10.2 Å². The molecule has 1 aromatic carbocycles. The van der Waals surface area contributed by atoms with Crippen LogP contribution in [0.1, 0.15) is 44.2 Å². The van der Waals surface area contributed by atoms with Gasteiger partial charge in [-0.05, 0) is 43.5 Å². The molecular weight excluding hydrogens is 240 g/mol. The molecule has 1 aromatic heterocycles. The Morgan fingerprint density at radius 1 is 1.22 bits per heavy atom. The van der Waals surface area contributed by atoms with Crippen molar-refractivity contribution in [3.05, 3.63) is 28.8 Å². The Balaban J connectivity index is 2.23. The molecule has 18 heavy (non-hydrogen) atoms. The maximum absolute atomic E-state index is 5.52. The van der Waals surface area contributed by atoms with Crippen molar-refractivity contribution >= 4 is 21.6 Å². The average molecular weight is 262 g/mol. The van der Waals surface area contributed by atoms with Crippen LogP contribution in [-0.4, -0.2) is 11.5 Å². The molecule has 0 aliphatic rings. The van der Waals surface area contributed by atoms with E-state index in [4.69, 9.17) is 10.7 Å². The third-order valence-electron chi connectivity index (χ3n) is 3.01. The predicted octanol–water partition coefficient (Wildman–Crippen LogP) is 3.88. The van der Waals surface area contributed by atoms with E-state index in [1.165, 1.54) is 15.3 Å². The van der Waals surface area contributed by atoms with Gasteiger partial charge in [0.1, 0.15) is 0 Å². The molecule has 0 atom stereocenters. The quantitative estimate of drug-likeness (QED) is 0.849. The summed E-state index contributed by atoms with van der Waals surface area (Å²) in [6.07, 6.45) is 3.37. The lowest BCUT2D eigenvalue weighted by Crippen LogP contribution is -2.09. The number of hydrogen-bond donors (Lipinski definition) is 1. The van der Waals surface area contributed by atoms with Crippen molar-refractivity contribution in [2.75, 3.05) is 6.54 Å². The first kappa shape index (κ1) is 13.5. The number of fused-ring (bicyclic) bond motifs is 1. The topological polar surface area (TPSA) is 38.9 Å². The minimum atomic E-state index is 0.142. The van der Waals surface area contributed by atoms with Crippen LogP contribution in [0.2, 0.25) is 0 Å². The van der Waals surface area contributed by atoms with Gasteiger partial charge in [-0.15, -0.1) is 11.3 Å². The van der Waals surface area contributed by atoms with Gasteiger partial charge >= 0.3 is 0 Å². The largest absolute Gasteiger partial charge is 0.330 e. The maximum Gasteiger partial charge on any atom is 0.0992 e.